The van der Waals surface area contributed by atoms with Gasteiger partial charge in [-0.3, -0.25) is 4.99 Å². The van der Waals surface area contributed by atoms with Crippen molar-refractivity contribution in [3.63, 3.8) is 0 Å². The van der Waals surface area contributed by atoms with Crippen molar-refractivity contribution in [2.75, 3.05) is 39.3 Å². The molecule has 6 nitrogen and oxygen atoms in total. The molecule has 7 heteroatoms. The highest BCUT2D eigenvalue weighted by molar-refractivity contribution is 14.0. The Kier molecular flexibility index (Phi) is 9.74. The Labute approximate surface area is 203 Å². The van der Waals surface area contributed by atoms with E-state index in [2.05, 4.69) is 64.7 Å². The summed E-state index contributed by atoms with van der Waals surface area (Å²) in [5, 5.41) is 7.05. The zero-order chi connectivity index (χ0) is 21.5. The number of hydrogen-bond donors (Lipinski definition) is 2. The van der Waals surface area contributed by atoms with Crippen LogP contribution in [0.1, 0.15) is 29.5 Å². The summed E-state index contributed by atoms with van der Waals surface area (Å²) in [6.07, 6.45) is 2.09. The van der Waals surface area contributed by atoms with Crippen LogP contribution in [0.3, 0.4) is 0 Å². The van der Waals surface area contributed by atoms with Crippen molar-refractivity contribution >= 4 is 35.6 Å². The molecule has 0 radical (unpaired) electrons. The standard InChI is InChI=1S/C24H34N4O2.HI/c1-17-6-7-19(18(2)12-17)16-26-24(25-3)27-20-8-10-28(11-9-20)21-13-22(29-4)15-23(14-21)30-5;/h6-7,12-15,20H,8-11,16H2,1-5H3,(H2,25,26,27);1H. The molecule has 1 heterocycles. The zero-order valence-corrected chi connectivity index (χ0v) is 21.5. The van der Waals surface area contributed by atoms with E-state index >= 15 is 0 Å². The lowest BCUT2D eigenvalue weighted by Gasteiger charge is -2.34. The summed E-state index contributed by atoms with van der Waals surface area (Å²) in [4.78, 5) is 6.80. The Morgan fingerprint density at radius 3 is 2.23 bits per heavy atom. The fourth-order valence-corrected chi connectivity index (χ4v) is 3.87. The van der Waals surface area contributed by atoms with Crippen LogP contribution >= 0.6 is 24.0 Å². The average Bonchev–Trinajstić information content (AvgIpc) is 2.77. The number of hydrogen-bond acceptors (Lipinski definition) is 4. The maximum atomic E-state index is 5.41. The largest absolute Gasteiger partial charge is 0.497 e. The van der Waals surface area contributed by atoms with Crippen LogP contribution in [-0.2, 0) is 6.54 Å². The molecule has 0 bridgehead atoms. The maximum Gasteiger partial charge on any atom is 0.191 e. The molecule has 1 fully saturated rings. The van der Waals surface area contributed by atoms with Gasteiger partial charge in [-0.2, -0.15) is 0 Å². The minimum Gasteiger partial charge on any atom is -0.497 e. The molecule has 0 amide bonds. The summed E-state index contributed by atoms with van der Waals surface area (Å²) >= 11 is 0. The first-order valence-electron chi connectivity index (χ1n) is 10.5. The molecule has 2 aromatic carbocycles. The SMILES string of the molecule is CN=C(NCc1ccc(C)cc1C)NC1CCN(c2cc(OC)cc(OC)c2)CC1.I. The number of benzene rings is 2. The van der Waals surface area contributed by atoms with Gasteiger partial charge in [-0.05, 0) is 37.8 Å². The van der Waals surface area contributed by atoms with E-state index in [4.69, 9.17) is 9.47 Å². The van der Waals surface area contributed by atoms with E-state index in [1.54, 1.807) is 14.2 Å². The van der Waals surface area contributed by atoms with Gasteiger partial charge in [-0.1, -0.05) is 23.8 Å². The number of nitrogens with zero attached hydrogens (tertiary/aromatic N) is 2. The number of methoxy groups -OCH3 is 2. The van der Waals surface area contributed by atoms with Gasteiger partial charge in [0.2, 0.25) is 0 Å². The van der Waals surface area contributed by atoms with Crippen LogP contribution in [0, 0.1) is 13.8 Å². The Morgan fingerprint density at radius 1 is 1.03 bits per heavy atom. The highest BCUT2D eigenvalue weighted by Crippen LogP contribution is 2.30. The van der Waals surface area contributed by atoms with Gasteiger partial charge in [0.15, 0.2) is 5.96 Å². The van der Waals surface area contributed by atoms with E-state index in [9.17, 15) is 0 Å². The van der Waals surface area contributed by atoms with E-state index in [0.717, 1.165) is 55.6 Å². The van der Waals surface area contributed by atoms with Crippen LogP contribution in [0.5, 0.6) is 11.5 Å². The molecule has 0 saturated carbocycles. The van der Waals surface area contributed by atoms with E-state index in [-0.39, 0.29) is 24.0 Å². The summed E-state index contributed by atoms with van der Waals surface area (Å²) < 4.78 is 10.8. The van der Waals surface area contributed by atoms with Crippen LogP contribution in [-0.4, -0.2) is 46.4 Å². The van der Waals surface area contributed by atoms with Gasteiger partial charge < -0.3 is 25.0 Å². The van der Waals surface area contributed by atoms with Gasteiger partial charge in [-0.25, -0.2) is 0 Å². The normalized spacial score (nSPS) is 14.6. The summed E-state index contributed by atoms with van der Waals surface area (Å²) in [5.74, 6) is 2.50. The molecule has 2 aromatic rings. The van der Waals surface area contributed by atoms with Crippen molar-refractivity contribution in [2.45, 2.75) is 39.3 Å². The number of guanidine groups is 1. The lowest BCUT2D eigenvalue weighted by molar-refractivity contribution is 0.393. The minimum absolute atomic E-state index is 0. The van der Waals surface area contributed by atoms with Crippen molar-refractivity contribution in [1.29, 1.82) is 0 Å². The van der Waals surface area contributed by atoms with Crippen molar-refractivity contribution in [1.82, 2.24) is 10.6 Å². The number of rotatable bonds is 6. The first-order chi connectivity index (χ1) is 14.5. The van der Waals surface area contributed by atoms with Crippen molar-refractivity contribution < 1.29 is 9.47 Å². The fraction of sp³-hybridized carbons (Fsp3) is 0.458. The van der Waals surface area contributed by atoms with Gasteiger partial charge in [0.05, 0.1) is 14.2 Å². The Bertz CT molecular complexity index is 858. The predicted molar refractivity (Wildman–Crippen MR) is 139 cm³/mol. The molecule has 2 N–H and O–H groups in total. The highest BCUT2D eigenvalue weighted by atomic mass is 127. The average molecular weight is 538 g/mol. The van der Waals surface area contributed by atoms with Crippen molar-refractivity contribution in [3.05, 3.63) is 53.1 Å². The third-order valence-corrected chi connectivity index (χ3v) is 5.71. The lowest BCUT2D eigenvalue weighted by atomic mass is 10.0. The third kappa shape index (κ3) is 6.92. The topological polar surface area (TPSA) is 58.1 Å². The number of nitrogens with one attached hydrogen (secondary N) is 2. The molecule has 3 rings (SSSR count). The van der Waals surface area contributed by atoms with E-state index in [1.165, 1.54) is 16.7 Å². The van der Waals surface area contributed by atoms with Gasteiger partial charge in [0.1, 0.15) is 11.5 Å². The van der Waals surface area contributed by atoms with E-state index in [0.29, 0.717) is 6.04 Å². The summed E-state index contributed by atoms with van der Waals surface area (Å²) in [7, 11) is 5.20. The molecule has 0 aromatic heterocycles. The molecule has 1 aliphatic rings. The monoisotopic (exact) mass is 538 g/mol. The number of ether oxygens (including phenoxy) is 2. The molecule has 1 saturated heterocycles. The van der Waals surface area contributed by atoms with Gasteiger partial charge in [0.25, 0.3) is 0 Å². The predicted octanol–water partition coefficient (Wildman–Crippen LogP) is 4.27. The molecule has 170 valence electrons. The van der Waals surface area contributed by atoms with Crippen molar-refractivity contribution in [3.8, 4) is 11.5 Å². The molecule has 1 aliphatic heterocycles. The first kappa shape index (κ1) is 25.1. The van der Waals surface area contributed by atoms with E-state index < -0.39 is 0 Å². The summed E-state index contributed by atoms with van der Waals surface area (Å²) in [6.45, 7) is 7.00. The number of aryl methyl sites for hydroxylation is 2. The summed E-state index contributed by atoms with van der Waals surface area (Å²) in [6, 6.07) is 13.0. The molecule has 31 heavy (non-hydrogen) atoms. The van der Waals surface area contributed by atoms with Gasteiger partial charge in [0, 0.05) is 56.6 Å². The maximum absolute atomic E-state index is 5.41. The molecule has 0 unspecified atom stereocenters. The second-order valence-electron chi connectivity index (χ2n) is 7.83. The van der Waals surface area contributed by atoms with Crippen LogP contribution in [0.15, 0.2) is 41.4 Å². The molecule has 0 atom stereocenters. The van der Waals surface area contributed by atoms with Gasteiger partial charge >= 0.3 is 0 Å². The van der Waals surface area contributed by atoms with Crippen LogP contribution in [0.4, 0.5) is 5.69 Å². The fourth-order valence-electron chi connectivity index (χ4n) is 3.87. The second-order valence-corrected chi connectivity index (χ2v) is 7.83. The third-order valence-electron chi connectivity index (χ3n) is 5.71. The second kappa shape index (κ2) is 12.0. The highest BCUT2D eigenvalue weighted by Gasteiger charge is 2.21. The Morgan fingerprint density at radius 2 is 1.68 bits per heavy atom. The summed E-state index contributed by atoms with van der Waals surface area (Å²) in [5.41, 5.74) is 5.03. The molecular weight excluding hydrogens is 503 g/mol. The lowest BCUT2D eigenvalue weighted by Crippen LogP contribution is -2.48. The molecule has 0 aliphatic carbocycles. The van der Waals surface area contributed by atoms with Crippen molar-refractivity contribution in [2.24, 2.45) is 4.99 Å². The smallest absolute Gasteiger partial charge is 0.191 e. The molecular formula is C24H35IN4O2. The quantitative estimate of drug-likeness (QED) is 0.327. The Hall–Kier alpha value is -2.16. The van der Waals surface area contributed by atoms with Crippen LogP contribution in [0.2, 0.25) is 0 Å². The molecule has 0 spiro atoms. The zero-order valence-electron chi connectivity index (χ0n) is 19.2. The van der Waals surface area contributed by atoms with E-state index in [1.807, 2.05) is 13.1 Å². The first-order valence-corrected chi connectivity index (χ1v) is 10.5. The number of halogens is 1. The van der Waals surface area contributed by atoms with Gasteiger partial charge in [-0.15, -0.1) is 24.0 Å². The number of aliphatic imine (C=N–C) groups is 1. The number of anilines is 1. The van der Waals surface area contributed by atoms with Crippen LogP contribution in [0.25, 0.3) is 0 Å². The minimum atomic E-state index is 0. The number of piperidine rings is 1. The Balaban J connectivity index is 0.00000341. The van der Waals surface area contributed by atoms with Crippen LogP contribution < -0.4 is 25.0 Å².